The van der Waals surface area contributed by atoms with Crippen molar-refractivity contribution in [1.29, 1.82) is 0 Å². The van der Waals surface area contributed by atoms with Crippen molar-refractivity contribution in [3.63, 3.8) is 0 Å². The molecule has 0 heterocycles. The first-order valence-corrected chi connectivity index (χ1v) is 8.61. The highest BCUT2D eigenvalue weighted by molar-refractivity contribution is 5.76. The summed E-state index contributed by atoms with van der Waals surface area (Å²) >= 11 is 0. The summed E-state index contributed by atoms with van der Waals surface area (Å²) in [7, 11) is 0. The monoisotopic (exact) mass is 327 g/mol. The minimum Gasteiger partial charge on any atom is -0.481 e. The third-order valence-electron chi connectivity index (χ3n) is 3.97. The number of amides is 3. The van der Waals surface area contributed by atoms with Gasteiger partial charge in [0.1, 0.15) is 0 Å². The van der Waals surface area contributed by atoms with Crippen molar-refractivity contribution in [3.8, 4) is 0 Å². The van der Waals surface area contributed by atoms with Gasteiger partial charge < -0.3 is 21.1 Å². The molecule has 7 heteroatoms. The maximum Gasteiger partial charge on any atom is 0.315 e. The number of rotatable bonds is 10. The van der Waals surface area contributed by atoms with Crippen molar-refractivity contribution < 1.29 is 19.5 Å². The van der Waals surface area contributed by atoms with Crippen LogP contribution < -0.4 is 16.0 Å². The third-order valence-corrected chi connectivity index (χ3v) is 3.97. The Balaban J connectivity index is 1.91. The molecule has 0 aliphatic heterocycles. The van der Waals surface area contributed by atoms with Gasteiger partial charge in [0.25, 0.3) is 0 Å². The fourth-order valence-corrected chi connectivity index (χ4v) is 2.67. The number of unbranched alkanes of at least 4 members (excludes halogenated alkanes) is 2. The summed E-state index contributed by atoms with van der Waals surface area (Å²) in [6.07, 6.45) is 8.58. The van der Waals surface area contributed by atoms with E-state index in [4.69, 9.17) is 5.11 Å². The summed E-state index contributed by atoms with van der Waals surface area (Å²) in [6, 6.07) is 0.224. The Morgan fingerprint density at radius 3 is 2.30 bits per heavy atom. The average molecular weight is 327 g/mol. The first kappa shape index (κ1) is 19.3. The quantitative estimate of drug-likeness (QED) is 0.459. The van der Waals surface area contributed by atoms with Crippen molar-refractivity contribution in [3.05, 3.63) is 0 Å². The molecule has 1 fully saturated rings. The lowest BCUT2D eigenvalue weighted by Crippen LogP contribution is -2.43. The molecule has 0 atom stereocenters. The molecule has 0 aromatic carbocycles. The number of carboxylic acids is 1. The van der Waals surface area contributed by atoms with Crippen LogP contribution in [-0.4, -0.2) is 42.1 Å². The molecule has 23 heavy (non-hydrogen) atoms. The second kappa shape index (κ2) is 11.7. The van der Waals surface area contributed by atoms with E-state index < -0.39 is 5.97 Å². The highest BCUT2D eigenvalue weighted by Crippen LogP contribution is 2.17. The molecule has 0 aromatic heterocycles. The third kappa shape index (κ3) is 10.5. The van der Waals surface area contributed by atoms with Gasteiger partial charge in [-0.25, -0.2) is 4.79 Å². The van der Waals surface area contributed by atoms with Crippen LogP contribution in [0, 0.1) is 0 Å². The highest BCUT2D eigenvalue weighted by atomic mass is 16.4. The molecule has 0 aromatic rings. The van der Waals surface area contributed by atoms with Gasteiger partial charge in [-0.05, 0) is 25.7 Å². The maximum absolute atomic E-state index is 11.7. The Morgan fingerprint density at radius 2 is 1.61 bits per heavy atom. The Bertz CT molecular complexity index is 382. The van der Waals surface area contributed by atoms with E-state index in [1.807, 2.05) is 0 Å². The summed E-state index contributed by atoms with van der Waals surface area (Å²) in [5.41, 5.74) is 0. The average Bonchev–Trinajstić information content (AvgIpc) is 2.51. The molecular formula is C16H29N3O4. The molecule has 3 amide bonds. The molecule has 132 valence electrons. The van der Waals surface area contributed by atoms with E-state index in [0.717, 1.165) is 32.1 Å². The van der Waals surface area contributed by atoms with Crippen molar-refractivity contribution in [2.45, 2.75) is 70.3 Å². The number of carbonyl (C=O) groups is 3. The van der Waals surface area contributed by atoms with E-state index in [0.29, 0.717) is 19.0 Å². The first-order chi connectivity index (χ1) is 11.1. The van der Waals surface area contributed by atoms with Crippen LogP contribution in [0.5, 0.6) is 0 Å². The summed E-state index contributed by atoms with van der Waals surface area (Å²) in [6.45, 7) is 0.788. The Hall–Kier alpha value is -1.79. The fraction of sp³-hybridized carbons (Fsp3) is 0.812. The van der Waals surface area contributed by atoms with Crippen LogP contribution in [-0.2, 0) is 9.59 Å². The van der Waals surface area contributed by atoms with E-state index in [1.165, 1.54) is 19.3 Å². The fourth-order valence-electron chi connectivity index (χ4n) is 2.67. The normalized spacial score (nSPS) is 15.0. The van der Waals surface area contributed by atoms with E-state index in [1.54, 1.807) is 0 Å². The Kier molecular flexibility index (Phi) is 9.83. The van der Waals surface area contributed by atoms with Crippen LogP contribution >= 0.6 is 0 Å². The van der Waals surface area contributed by atoms with E-state index >= 15 is 0 Å². The zero-order valence-electron chi connectivity index (χ0n) is 13.7. The summed E-state index contributed by atoms with van der Waals surface area (Å²) in [4.78, 5) is 33.4. The van der Waals surface area contributed by atoms with Gasteiger partial charge in [0.15, 0.2) is 0 Å². The van der Waals surface area contributed by atoms with Gasteiger partial charge in [0, 0.05) is 25.6 Å². The van der Waals surface area contributed by atoms with E-state index in [9.17, 15) is 14.4 Å². The van der Waals surface area contributed by atoms with Crippen LogP contribution in [0.3, 0.4) is 0 Å². The second-order valence-corrected chi connectivity index (χ2v) is 6.04. The predicted octanol–water partition coefficient (Wildman–Crippen LogP) is 1.77. The number of aliphatic carboxylic acids is 1. The van der Waals surface area contributed by atoms with Crippen molar-refractivity contribution >= 4 is 17.9 Å². The van der Waals surface area contributed by atoms with Gasteiger partial charge in [-0.15, -0.1) is 0 Å². The molecule has 0 bridgehead atoms. The Labute approximate surface area is 137 Å². The number of nitrogens with one attached hydrogen (secondary N) is 3. The second-order valence-electron chi connectivity index (χ2n) is 6.04. The summed E-state index contributed by atoms with van der Waals surface area (Å²) in [5, 5.41) is 16.9. The molecule has 0 spiro atoms. The molecule has 0 radical (unpaired) electrons. The smallest absolute Gasteiger partial charge is 0.315 e. The molecule has 1 aliphatic carbocycles. The zero-order chi connectivity index (χ0) is 16.9. The molecular weight excluding hydrogens is 298 g/mol. The molecule has 1 rings (SSSR count). The standard InChI is InChI=1S/C16H29N3O4/c20-14(17-12-10-15(21)22)9-5-2-6-11-18-16(23)19-13-7-3-1-4-8-13/h13H,1-12H2,(H,17,20)(H,21,22)(H2,18,19,23). The van der Waals surface area contributed by atoms with Gasteiger partial charge in [-0.3, -0.25) is 9.59 Å². The van der Waals surface area contributed by atoms with Gasteiger partial charge in [0.05, 0.1) is 6.42 Å². The first-order valence-electron chi connectivity index (χ1n) is 8.61. The Morgan fingerprint density at radius 1 is 0.870 bits per heavy atom. The van der Waals surface area contributed by atoms with Gasteiger partial charge in [-0.2, -0.15) is 0 Å². The van der Waals surface area contributed by atoms with E-state index in [2.05, 4.69) is 16.0 Å². The van der Waals surface area contributed by atoms with Crippen LogP contribution in [0.1, 0.15) is 64.2 Å². The lowest BCUT2D eigenvalue weighted by atomic mass is 9.96. The molecule has 1 saturated carbocycles. The zero-order valence-corrected chi connectivity index (χ0v) is 13.7. The number of hydrogen-bond donors (Lipinski definition) is 4. The molecule has 1 aliphatic rings. The lowest BCUT2D eigenvalue weighted by molar-refractivity contribution is -0.136. The predicted molar refractivity (Wildman–Crippen MR) is 87.1 cm³/mol. The number of urea groups is 1. The molecule has 4 N–H and O–H groups in total. The topological polar surface area (TPSA) is 108 Å². The van der Waals surface area contributed by atoms with E-state index in [-0.39, 0.29) is 24.9 Å². The van der Waals surface area contributed by atoms with Crippen LogP contribution in [0.15, 0.2) is 0 Å². The lowest BCUT2D eigenvalue weighted by Gasteiger charge is -2.22. The SMILES string of the molecule is O=C(O)CCNC(=O)CCCCCNC(=O)NC1CCCCC1. The molecule has 0 saturated heterocycles. The molecule has 0 unspecified atom stereocenters. The number of hydrogen-bond acceptors (Lipinski definition) is 3. The minimum absolute atomic E-state index is 0.0498. The van der Waals surface area contributed by atoms with Crippen LogP contribution in [0.4, 0.5) is 4.79 Å². The maximum atomic E-state index is 11.7. The van der Waals surface area contributed by atoms with Crippen molar-refractivity contribution in [1.82, 2.24) is 16.0 Å². The molecule has 7 nitrogen and oxygen atoms in total. The summed E-state index contributed by atoms with van der Waals surface area (Å²) in [5.74, 6) is -1.03. The summed E-state index contributed by atoms with van der Waals surface area (Å²) < 4.78 is 0. The number of carbonyl (C=O) groups excluding carboxylic acids is 2. The van der Waals surface area contributed by atoms with Crippen molar-refractivity contribution in [2.24, 2.45) is 0 Å². The largest absolute Gasteiger partial charge is 0.481 e. The van der Waals surface area contributed by atoms with Gasteiger partial charge >= 0.3 is 12.0 Å². The van der Waals surface area contributed by atoms with Gasteiger partial charge in [0.2, 0.25) is 5.91 Å². The van der Waals surface area contributed by atoms with Crippen LogP contribution in [0.2, 0.25) is 0 Å². The highest BCUT2D eigenvalue weighted by Gasteiger charge is 2.14. The van der Waals surface area contributed by atoms with Crippen molar-refractivity contribution in [2.75, 3.05) is 13.1 Å². The minimum atomic E-state index is -0.914. The number of carboxylic acid groups (broad SMARTS) is 1. The van der Waals surface area contributed by atoms with Gasteiger partial charge in [-0.1, -0.05) is 25.7 Å². The van der Waals surface area contributed by atoms with Crippen LogP contribution in [0.25, 0.3) is 0 Å².